The van der Waals surface area contributed by atoms with Gasteiger partial charge in [0.15, 0.2) is 0 Å². The molecule has 0 saturated carbocycles. The van der Waals surface area contributed by atoms with Crippen LogP contribution in [-0.4, -0.2) is 22.6 Å². The maximum Gasteiger partial charge on any atom is 0.111 e. The lowest BCUT2D eigenvalue weighted by Gasteiger charge is -2.07. The molecule has 0 saturated heterocycles. The summed E-state index contributed by atoms with van der Waals surface area (Å²) in [6.07, 6.45) is 6.40. The second kappa shape index (κ2) is 6.58. The van der Waals surface area contributed by atoms with Gasteiger partial charge in [0.05, 0.1) is 17.6 Å². The highest BCUT2D eigenvalue weighted by molar-refractivity contribution is 5.77. The van der Waals surface area contributed by atoms with Crippen LogP contribution in [0.25, 0.3) is 11.0 Å². The smallest absolute Gasteiger partial charge is 0.111 e. The molecule has 3 nitrogen and oxygen atoms in total. The average Bonchev–Trinajstić information content (AvgIpc) is 2.77. The summed E-state index contributed by atoms with van der Waals surface area (Å²) in [5, 5.41) is 3.34. The molecule has 20 heavy (non-hydrogen) atoms. The number of terminal acetylenes is 1. The Morgan fingerprint density at radius 2 is 2.20 bits per heavy atom. The maximum absolute atomic E-state index is 5.50. The first-order chi connectivity index (χ1) is 9.67. The van der Waals surface area contributed by atoms with Crippen molar-refractivity contribution in [2.75, 3.05) is 13.1 Å². The van der Waals surface area contributed by atoms with Gasteiger partial charge < -0.3 is 9.88 Å². The van der Waals surface area contributed by atoms with Crippen LogP contribution in [-0.2, 0) is 13.0 Å². The molecule has 2 rings (SSSR count). The van der Waals surface area contributed by atoms with E-state index in [1.54, 1.807) is 0 Å². The van der Waals surface area contributed by atoms with E-state index in [2.05, 4.69) is 54.8 Å². The Labute approximate surface area is 121 Å². The summed E-state index contributed by atoms with van der Waals surface area (Å²) < 4.78 is 2.15. The van der Waals surface area contributed by atoms with Gasteiger partial charge in [-0.15, -0.1) is 6.42 Å². The summed E-state index contributed by atoms with van der Waals surface area (Å²) in [6, 6.07) is 6.51. The molecule has 0 spiro atoms. The largest absolute Gasteiger partial charge is 0.317 e. The Hall–Kier alpha value is -1.79. The zero-order valence-electron chi connectivity index (χ0n) is 12.6. The highest BCUT2D eigenvalue weighted by Gasteiger charge is 2.11. The fourth-order valence-corrected chi connectivity index (χ4v) is 2.39. The molecular weight excluding hydrogens is 246 g/mol. The van der Waals surface area contributed by atoms with E-state index in [4.69, 9.17) is 11.4 Å². The van der Waals surface area contributed by atoms with Gasteiger partial charge in [-0.25, -0.2) is 4.98 Å². The van der Waals surface area contributed by atoms with Crippen molar-refractivity contribution in [3.05, 3.63) is 29.6 Å². The van der Waals surface area contributed by atoms with Gasteiger partial charge in [-0.2, -0.15) is 0 Å². The standard InChI is InChI=1S/C17H23N3/c1-5-11-20-16-8-7-14(13(3)4)12-15(16)19-17(20)9-10-18-6-2/h1,7-8,12-13,18H,6,9-11H2,2-4H3. The van der Waals surface area contributed by atoms with Gasteiger partial charge in [0.25, 0.3) is 0 Å². The fraction of sp³-hybridized carbons (Fsp3) is 0.471. The lowest BCUT2D eigenvalue weighted by atomic mass is 10.0. The Balaban J connectivity index is 2.40. The minimum absolute atomic E-state index is 0.516. The lowest BCUT2D eigenvalue weighted by molar-refractivity contribution is 0.671. The van der Waals surface area contributed by atoms with Gasteiger partial charge in [0.2, 0.25) is 0 Å². The number of hydrogen-bond donors (Lipinski definition) is 1. The van der Waals surface area contributed by atoms with Crippen molar-refractivity contribution in [2.45, 2.75) is 39.7 Å². The first-order valence-electron chi connectivity index (χ1n) is 7.30. The molecule has 1 aromatic carbocycles. The topological polar surface area (TPSA) is 29.9 Å². The highest BCUT2D eigenvalue weighted by atomic mass is 15.1. The molecule has 106 valence electrons. The summed E-state index contributed by atoms with van der Waals surface area (Å²) in [5.41, 5.74) is 3.51. The molecule has 0 aliphatic heterocycles. The summed E-state index contributed by atoms with van der Waals surface area (Å²) in [7, 11) is 0. The van der Waals surface area contributed by atoms with Gasteiger partial charge in [0, 0.05) is 13.0 Å². The van der Waals surface area contributed by atoms with Gasteiger partial charge in [-0.3, -0.25) is 0 Å². The summed E-state index contributed by atoms with van der Waals surface area (Å²) in [6.45, 7) is 9.00. The van der Waals surface area contributed by atoms with Crippen molar-refractivity contribution in [2.24, 2.45) is 0 Å². The molecular formula is C17H23N3. The van der Waals surface area contributed by atoms with Crippen LogP contribution in [0, 0.1) is 12.3 Å². The number of nitrogens with zero attached hydrogens (tertiary/aromatic N) is 2. The Morgan fingerprint density at radius 1 is 1.40 bits per heavy atom. The minimum atomic E-state index is 0.516. The molecule has 0 fully saturated rings. The molecule has 1 aromatic heterocycles. The maximum atomic E-state index is 5.50. The van der Waals surface area contributed by atoms with Crippen molar-refractivity contribution < 1.29 is 0 Å². The minimum Gasteiger partial charge on any atom is -0.317 e. The Morgan fingerprint density at radius 3 is 2.85 bits per heavy atom. The van der Waals surface area contributed by atoms with Crippen molar-refractivity contribution in [1.82, 2.24) is 14.9 Å². The van der Waals surface area contributed by atoms with Crippen LogP contribution in [0.5, 0.6) is 0 Å². The Kier molecular flexibility index (Phi) is 4.81. The van der Waals surface area contributed by atoms with Crippen LogP contribution in [0.4, 0.5) is 0 Å². The molecule has 1 heterocycles. The number of benzene rings is 1. The lowest BCUT2D eigenvalue weighted by Crippen LogP contribution is -2.18. The van der Waals surface area contributed by atoms with Crippen LogP contribution in [0.2, 0.25) is 0 Å². The quantitative estimate of drug-likeness (QED) is 0.645. The van der Waals surface area contributed by atoms with Crippen molar-refractivity contribution >= 4 is 11.0 Å². The van der Waals surface area contributed by atoms with Gasteiger partial charge in [-0.1, -0.05) is 32.8 Å². The number of fused-ring (bicyclic) bond motifs is 1. The fourth-order valence-electron chi connectivity index (χ4n) is 2.39. The van der Waals surface area contributed by atoms with E-state index in [0.717, 1.165) is 36.4 Å². The first-order valence-corrected chi connectivity index (χ1v) is 7.30. The van der Waals surface area contributed by atoms with Crippen molar-refractivity contribution in [3.63, 3.8) is 0 Å². The third-order valence-corrected chi connectivity index (χ3v) is 3.54. The first kappa shape index (κ1) is 14.6. The van der Waals surface area contributed by atoms with Crippen LogP contribution in [0.3, 0.4) is 0 Å². The molecule has 0 aliphatic rings. The van der Waals surface area contributed by atoms with Gasteiger partial charge >= 0.3 is 0 Å². The van der Waals surface area contributed by atoms with Crippen LogP contribution in [0.1, 0.15) is 38.1 Å². The molecule has 0 bridgehead atoms. The van der Waals surface area contributed by atoms with Crippen LogP contribution >= 0.6 is 0 Å². The number of imidazole rings is 1. The SMILES string of the molecule is C#CCn1c(CCNCC)nc2cc(C(C)C)ccc21. The van der Waals surface area contributed by atoms with E-state index in [1.807, 2.05) is 0 Å². The van der Waals surface area contributed by atoms with E-state index in [1.165, 1.54) is 5.56 Å². The Bertz CT molecular complexity index is 617. The molecule has 2 aromatic rings. The van der Waals surface area contributed by atoms with E-state index in [0.29, 0.717) is 12.5 Å². The molecule has 3 heteroatoms. The number of aromatic nitrogens is 2. The number of hydrogen-bond acceptors (Lipinski definition) is 2. The van der Waals surface area contributed by atoms with Gasteiger partial charge in [-0.05, 0) is 30.2 Å². The van der Waals surface area contributed by atoms with Crippen molar-refractivity contribution in [3.8, 4) is 12.3 Å². The van der Waals surface area contributed by atoms with Crippen molar-refractivity contribution in [1.29, 1.82) is 0 Å². The monoisotopic (exact) mass is 269 g/mol. The summed E-state index contributed by atoms with van der Waals surface area (Å²) in [4.78, 5) is 4.77. The summed E-state index contributed by atoms with van der Waals surface area (Å²) >= 11 is 0. The second-order valence-corrected chi connectivity index (χ2v) is 5.32. The molecule has 0 unspecified atom stereocenters. The zero-order chi connectivity index (χ0) is 14.5. The molecule has 0 radical (unpaired) electrons. The molecule has 0 aliphatic carbocycles. The predicted molar refractivity (Wildman–Crippen MR) is 84.9 cm³/mol. The van der Waals surface area contributed by atoms with E-state index >= 15 is 0 Å². The normalized spacial score (nSPS) is 11.2. The summed E-state index contributed by atoms with van der Waals surface area (Å²) in [5.74, 6) is 4.32. The number of likely N-dealkylation sites (N-methyl/N-ethyl adjacent to an activating group) is 1. The molecule has 0 atom stereocenters. The van der Waals surface area contributed by atoms with Gasteiger partial charge in [0.1, 0.15) is 5.82 Å². The predicted octanol–water partition coefficient (Wildman–Crippen LogP) is 2.94. The number of rotatable bonds is 6. The van der Waals surface area contributed by atoms with Crippen LogP contribution < -0.4 is 5.32 Å². The number of nitrogens with one attached hydrogen (secondary N) is 1. The highest BCUT2D eigenvalue weighted by Crippen LogP contribution is 2.22. The molecule has 1 N–H and O–H groups in total. The average molecular weight is 269 g/mol. The molecule has 0 amide bonds. The van der Waals surface area contributed by atoms with E-state index in [-0.39, 0.29) is 0 Å². The van der Waals surface area contributed by atoms with E-state index < -0.39 is 0 Å². The third-order valence-electron chi connectivity index (χ3n) is 3.54. The zero-order valence-corrected chi connectivity index (χ0v) is 12.6. The third kappa shape index (κ3) is 3.02. The van der Waals surface area contributed by atoms with Crippen LogP contribution in [0.15, 0.2) is 18.2 Å². The van der Waals surface area contributed by atoms with E-state index in [9.17, 15) is 0 Å². The second-order valence-electron chi connectivity index (χ2n) is 5.32.